The first kappa shape index (κ1) is 67.2. The Balaban J connectivity index is 4.11. The van der Waals surface area contributed by atoms with Crippen molar-refractivity contribution in [1.29, 1.82) is 0 Å². The predicted octanol–water partition coefficient (Wildman–Crippen LogP) is 17.5. The Labute approximate surface area is 431 Å². The first-order valence-corrected chi connectivity index (χ1v) is 29.8. The van der Waals surface area contributed by atoms with Gasteiger partial charge in [0.25, 0.3) is 0 Å². The zero-order valence-corrected chi connectivity index (χ0v) is 46.6. The number of likely N-dealkylation sites (N-methyl/N-ethyl adjacent to an activating group) is 1. The van der Waals surface area contributed by atoms with Gasteiger partial charge in [-0.25, -0.2) is 4.57 Å². The number of hydrogen-bond acceptors (Lipinski definition) is 7. The monoisotopic (exact) mass is 1000 g/mol. The van der Waals surface area contributed by atoms with Crippen molar-refractivity contribution in [1.82, 2.24) is 0 Å². The lowest BCUT2D eigenvalue weighted by Gasteiger charge is -2.24. The van der Waals surface area contributed by atoms with E-state index in [-0.39, 0.29) is 26.1 Å². The van der Waals surface area contributed by atoms with E-state index in [1.54, 1.807) is 6.08 Å². The minimum absolute atomic E-state index is 0.00627. The lowest BCUT2D eigenvalue weighted by atomic mass is 10.0. The highest BCUT2D eigenvalue weighted by Crippen LogP contribution is 2.43. The molecule has 0 aromatic heterocycles. The smallest absolute Gasteiger partial charge is 0.462 e. The summed E-state index contributed by atoms with van der Waals surface area (Å²) >= 11 is 0. The lowest BCUT2D eigenvalue weighted by molar-refractivity contribution is -0.870. The fourth-order valence-electron chi connectivity index (χ4n) is 7.59. The van der Waals surface area contributed by atoms with Crippen molar-refractivity contribution in [2.45, 2.75) is 238 Å². The summed E-state index contributed by atoms with van der Waals surface area (Å²) in [6, 6.07) is 0. The molecule has 9 nitrogen and oxygen atoms in total. The Morgan fingerprint density at radius 2 is 0.857 bits per heavy atom. The van der Waals surface area contributed by atoms with E-state index in [9.17, 15) is 19.0 Å². The first-order valence-electron chi connectivity index (χ1n) is 28.3. The van der Waals surface area contributed by atoms with Crippen LogP contribution in [0.25, 0.3) is 0 Å². The number of esters is 2. The van der Waals surface area contributed by atoms with E-state index in [0.29, 0.717) is 17.4 Å². The molecule has 0 radical (unpaired) electrons. The molecule has 0 spiro atoms. The van der Waals surface area contributed by atoms with Gasteiger partial charge in [0.05, 0.1) is 34.2 Å². The van der Waals surface area contributed by atoms with Crippen molar-refractivity contribution in [3.8, 4) is 0 Å². The molecule has 0 saturated heterocycles. The highest BCUT2D eigenvalue weighted by Gasteiger charge is 2.27. The van der Waals surface area contributed by atoms with E-state index in [2.05, 4.69) is 80.7 Å². The molecule has 0 amide bonds. The van der Waals surface area contributed by atoms with Crippen LogP contribution in [0.1, 0.15) is 232 Å². The number of carbonyl (C=O) groups is 2. The van der Waals surface area contributed by atoms with Gasteiger partial charge >= 0.3 is 19.8 Å². The minimum atomic E-state index is -4.41. The molecule has 0 fully saturated rings. The molecule has 0 heterocycles. The van der Waals surface area contributed by atoms with Crippen LogP contribution in [0.5, 0.6) is 0 Å². The Morgan fingerprint density at radius 3 is 1.29 bits per heavy atom. The number of rotatable bonds is 51. The first-order chi connectivity index (χ1) is 34.0. The number of unbranched alkanes of at least 4 members (excludes halogenated alkanes) is 24. The molecule has 0 aliphatic carbocycles. The third kappa shape index (κ3) is 54.5. The molecule has 10 heteroatoms. The van der Waals surface area contributed by atoms with Crippen molar-refractivity contribution >= 4 is 19.8 Å². The van der Waals surface area contributed by atoms with Crippen molar-refractivity contribution in [3.05, 3.63) is 85.1 Å². The van der Waals surface area contributed by atoms with Gasteiger partial charge in [-0.1, -0.05) is 234 Å². The van der Waals surface area contributed by atoms with Crippen LogP contribution in [-0.2, 0) is 32.7 Å². The predicted molar refractivity (Wildman–Crippen MR) is 298 cm³/mol. The molecule has 0 saturated carbocycles. The van der Waals surface area contributed by atoms with Gasteiger partial charge in [-0.2, -0.15) is 0 Å². The SMILES string of the molecule is CC/C=C\C/C=C\C/C=C\C/C=C\C/C=C\CC(=O)OC(COC(=O)CCCCCCCCCCCCCCCCCCCCC/C=C\C/C=C\CCCCCCC)COP(=O)(O)OCC[N+](C)(C)C. The Hall–Kier alpha value is -2.81. The van der Waals surface area contributed by atoms with Gasteiger partial charge in [0.2, 0.25) is 0 Å². The minimum Gasteiger partial charge on any atom is -0.462 e. The summed E-state index contributed by atoms with van der Waals surface area (Å²) in [6.07, 6.45) is 68.5. The van der Waals surface area contributed by atoms with Crippen LogP contribution in [0.3, 0.4) is 0 Å². The summed E-state index contributed by atoms with van der Waals surface area (Å²) in [7, 11) is 1.42. The Bertz CT molecular complexity index is 1460. The molecule has 1 N–H and O–H groups in total. The molecular formula is C60H107NO8P+. The summed E-state index contributed by atoms with van der Waals surface area (Å²) in [4.78, 5) is 35.5. The van der Waals surface area contributed by atoms with E-state index in [1.807, 2.05) is 33.3 Å². The van der Waals surface area contributed by atoms with E-state index in [0.717, 1.165) is 51.4 Å². The van der Waals surface area contributed by atoms with Gasteiger partial charge in [-0.3, -0.25) is 18.6 Å². The summed E-state index contributed by atoms with van der Waals surface area (Å²) < 4.78 is 34.3. The van der Waals surface area contributed by atoms with Crippen molar-refractivity contribution < 1.29 is 42.1 Å². The molecular weight excluding hydrogens is 894 g/mol. The fourth-order valence-corrected chi connectivity index (χ4v) is 8.33. The van der Waals surface area contributed by atoms with Crippen LogP contribution in [0.4, 0.5) is 0 Å². The van der Waals surface area contributed by atoms with Gasteiger partial charge in [-0.05, 0) is 70.6 Å². The lowest BCUT2D eigenvalue weighted by Crippen LogP contribution is -2.37. The molecule has 0 rings (SSSR count). The van der Waals surface area contributed by atoms with Crippen LogP contribution in [0.15, 0.2) is 85.1 Å². The quantitative estimate of drug-likeness (QED) is 0.0211. The highest BCUT2D eigenvalue weighted by atomic mass is 31.2. The van der Waals surface area contributed by atoms with Gasteiger partial charge in [0, 0.05) is 6.42 Å². The second-order valence-electron chi connectivity index (χ2n) is 20.0. The summed E-state index contributed by atoms with van der Waals surface area (Å²) in [5, 5.41) is 0. The normalized spacial score (nSPS) is 14.0. The number of allylic oxidation sites excluding steroid dienone is 13. The molecule has 0 aromatic rings. The van der Waals surface area contributed by atoms with Crippen LogP contribution in [0, 0.1) is 0 Å². The topological polar surface area (TPSA) is 108 Å². The Morgan fingerprint density at radius 1 is 0.471 bits per heavy atom. The molecule has 0 aliphatic rings. The summed E-state index contributed by atoms with van der Waals surface area (Å²) in [5.74, 6) is -0.944. The zero-order chi connectivity index (χ0) is 51.3. The maximum absolute atomic E-state index is 12.7. The Kier molecular flexibility index (Phi) is 49.1. The average Bonchev–Trinajstić information content (AvgIpc) is 3.32. The second kappa shape index (κ2) is 51.1. The van der Waals surface area contributed by atoms with Crippen LogP contribution in [0.2, 0.25) is 0 Å². The van der Waals surface area contributed by atoms with E-state index >= 15 is 0 Å². The number of quaternary nitrogens is 1. The average molecular weight is 1000 g/mol. The number of phosphoric ester groups is 1. The zero-order valence-electron chi connectivity index (χ0n) is 45.7. The standard InChI is InChI=1S/C60H106NO8P/c1-6-8-10-12-14-16-18-20-22-23-24-25-26-27-28-29-30-31-32-33-34-35-36-37-39-40-42-44-46-48-50-52-59(62)66-56-58(57-68-70(64,65)67-55-54-61(3,4)5)69-60(63)53-51-49-47-45-43-41-38-21-19-17-15-13-11-9-7-2/h9,11,15,17-18,20-21,23-24,38,43,45,49,51,58H,6-8,10,12-14,16,19,22,25-37,39-42,44,46-48,50,52-57H2,1-5H3/p+1/b11-9-,17-15-,20-18-,24-23-,38-21-,45-43-,51-49-. The van der Waals surface area contributed by atoms with Gasteiger partial charge in [0.15, 0.2) is 6.10 Å². The maximum atomic E-state index is 12.7. The number of nitrogens with zero attached hydrogens (tertiary/aromatic N) is 1. The third-order valence-electron chi connectivity index (χ3n) is 11.9. The van der Waals surface area contributed by atoms with E-state index in [1.165, 1.54) is 148 Å². The van der Waals surface area contributed by atoms with Crippen LogP contribution < -0.4 is 0 Å². The third-order valence-corrected chi connectivity index (χ3v) is 12.9. The molecule has 0 aromatic carbocycles. The number of phosphoric acid groups is 1. The van der Waals surface area contributed by atoms with Crippen LogP contribution in [-0.4, -0.2) is 74.9 Å². The summed E-state index contributed by atoms with van der Waals surface area (Å²) in [5.41, 5.74) is 0. The molecule has 0 bridgehead atoms. The van der Waals surface area contributed by atoms with Gasteiger partial charge in [-0.15, -0.1) is 0 Å². The summed E-state index contributed by atoms with van der Waals surface area (Å²) in [6.45, 7) is 4.20. The number of carbonyl (C=O) groups excluding carboxylic acids is 2. The molecule has 70 heavy (non-hydrogen) atoms. The van der Waals surface area contributed by atoms with Gasteiger partial charge in [0.1, 0.15) is 19.8 Å². The van der Waals surface area contributed by atoms with Crippen LogP contribution >= 0.6 is 7.82 Å². The highest BCUT2D eigenvalue weighted by molar-refractivity contribution is 7.47. The molecule has 0 aliphatic heterocycles. The second-order valence-corrected chi connectivity index (χ2v) is 21.4. The van der Waals surface area contributed by atoms with Crippen molar-refractivity contribution in [3.63, 3.8) is 0 Å². The molecule has 2 unspecified atom stereocenters. The van der Waals surface area contributed by atoms with Crippen molar-refractivity contribution in [2.75, 3.05) is 47.5 Å². The fraction of sp³-hybridized carbons (Fsp3) is 0.733. The largest absolute Gasteiger partial charge is 0.472 e. The van der Waals surface area contributed by atoms with Crippen molar-refractivity contribution in [2.24, 2.45) is 0 Å². The van der Waals surface area contributed by atoms with Gasteiger partial charge < -0.3 is 18.9 Å². The number of ether oxygens (including phenoxy) is 2. The maximum Gasteiger partial charge on any atom is 0.472 e. The molecule has 2 atom stereocenters. The van der Waals surface area contributed by atoms with E-state index in [4.69, 9.17) is 18.5 Å². The van der Waals surface area contributed by atoms with E-state index < -0.39 is 32.5 Å². The number of hydrogen-bond donors (Lipinski definition) is 1. The molecule has 404 valence electrons.